The molecule has 8 heteroatoms. The molecule has 1 aliphatic rings. The minimum absolute atomic E-state index is 0.146. The summed E-state index contributed by atoms with van der Waals surface area (Å²) in [6.07, 6.45) is -4.33. The number of halogens is 1. The molecule has 174 valence electrons. The highest BCUT2D eigenvalue weighted by Crippen LogP contribution is 2.35. The third-order valence-corrected chi connectivity index (χ3v) is 5.55. The first-order valence-electron chi connectivity index (χ1n) is 10.5. The van der Waals surface area contributed by atoms with Gasteiger partial charge in [0.05, 0.1) is 5.60 Å². The summed E-state index contributed by atoms with van der Waals surface area (Å²) < 4.78 is 32.1. The molecule has 1 heterocycles. The van der Waals surface area contributed by atoms with E-state index in [1.54, 1.807) is 19.9 Å². The third kappa shape index (κ3) is 5.27. The van der Waals surface area contributed by atoms with E-state index in [1.165, 1.54) is 20.1 Å². The molecule has 1 unspecified atom stereocenters. The number of aliphatic hydroxyl groups excluding tert-OH is 2. The highest BCUT2D eigenvalue weighted by Gasteiger charge is 2.50. The first kappa shape index (κ1) is 24.1. The zero-order chi connectivity index (χ0) is 23.5. The summed E-state index contributed by atoms with van der Waals surface area (Å²) in [5.74, 6) is -0.551. The van der Waals surface area contributed by atoms with Gasteiger partial charge in [-0.15, -0.1) is 0 Å². The van der Waals surface area contributed by atoms with Crippen molar-refractivity contribution in [2.75, 3.05) is 13.7 Å². The van der Waals surface area contributed by atoms with Gasteiger partial charge in [0.15, 0.2) is 0 Å². The molecule has 1 fully saturated rings. The molecule has 3 rings (SSSR count). The number of benzene rings is 2. The van der Waals surface area contributed by atoms with Crippen LogP contribution in [0.15, 0.2) is 42.5 Å². The van der Waals surface area contributed by atoms with Gasteiger partial charge in [-0.1, -0.05) is 30.3 Å². The lowest BCUT2D eigenvalue weighted by Crippen LogP contribution is -2.63. The molecule has 0 bridgehead atoms. The lowest BCUT2D eigenvalue weighted by molar-refractivity contribution is -0.305. The van der Waals surface area contributed by atoms with Crippen molar-refractivity contribution in [3.05, 3.63) is 53.8 Å². The van der Waals surface area contributed by atoms with E-state index >= 15 is 4.39 Å². The molecule has 0 saturated carbocycles. The van der Waals surface area contributed by atoms with Crippen molar-refractivity contribution in [2.45, 2.75) is 57.4 Å². The van der Waals surface area contributed by atoms with E-state index in [0.717, 1.165) is 5.56 Å². The maximum Gasteiger partial charge on any atom is 0.229 e. The van der Waals surface area contributed by atoms with Crippen LogP contribution in [-0.4, -0.2) is 60.0 Å². The number of rotatable bonds is 7. The smallest absolute Gasteiger partial charge is 0.229 e. The van der Waals surface area contributed by atoms with E-state index in [1.807, 2.05) is 30.3 Å². The molecule has 4 atom stereocenters. The second-order valence-corrected chi connectivity index (χ2v) is 8.38. The van der Waals surface area contributed by atoms with Gasteiger partial charge in [0.1, 0.15) is 29.9 Å². The van der Waals surface area contributed by atoms with Crippen molar-refractivity contribution in [1.82, 2.24) is 5.32 Å². The molecule has 0 spiro atoms. The van der Waals surface area contributed by atoms with Gasteiger partial charge in [0, 0.05) is 26.6 Å². The molecular formula is C24H30FNO6. The van der Waals surface area contributed by atoms with Gasteiger partial charge in [-0.05, 0) is 43.0 Å². The van der Waals surface area contributed by atoms with Crippen LogP contribution in [0.3, 0.4) is 0 Å². The van der Waals surface area contributed by atoms with Crippen molar-refractivity contribution in [3.63, 3.8) is 0 Å². The topological polar surface area (TPSA) is 97.3 Å². The number of hydrogen-bond donors (Lipinski definition) is 3. The van der Waals surface area contributed by atoms with Crippen LogP contribution in [0.5, 0.6) is 5.75 Å². The van der Waals surface area contributed by atoms with Gasteiger partial charge in [-0.3, -0.25) is 4.79 Å². The second-order valence-electron chi connectivity index (χ2n) is 8.38. The molecule has 0 aliphatic carbocycles. The Balaban J connectivity index is 1.92. The molecule has 1 aliphatic heterocycles. The number of hydrogen-bond acceptors (Lipinski definition) is 6. The Labute approximate surface area is 187 Å². The first-order chi connectivity index (χ1) is 15.1. The van der Waals surface area contributed by atoms with Crippen LogP contribution in [0.25, 0.3) is 11.1 Å². The van der Waals surface area contributed by atoms with E-state index in [0.29, 0.717) is 17.5 Å². The molecule has 2 aromatic carbocycles. The van der Waals surface area contributed by atoms with Crippen LogP contribution < -0.4 is 10.1 Å². The van der Waals surface area contributed by atoms with Crippen molar-refractivity contribution in [1.29, 1.82) is 0 Å². The van der Waals surface area contributed by atoms with Gasteiger partial charge in [-0.2, -0.15) is 0 Å². The fourth-order valence-electron chi connectivity index (χ4n) is 4.01. The van der Waals surface area contributed by atoms with Gasteiger partial charge in [0.2, 0.25) is 12.2 Å². The molecule has 2 aromatic rings. The van der Waals surface area contributed by atoms with Crippen molar-refractivity contribution >= 4 is 5.91 Å². The summed E-state index contributed by atoms with van der Waals surface area (Å²) in [6, 6.07) is 12.1. The summed E-state index contributed by atoms with van der Waals surface area (Å²) >= 11 is 0. The van der Waals surface area contributed by atoms with Crippen LogP contribution >= 0.6 is 0 Å². The van der Waals surface area contributed by atoms with Gasteiger partial charge >= 0.3 is 0 Å². The summed E-state index contributed by atoms with van der Waals surface area (Å²) in [6.45, 7) is 5.13. The molecule has 1 amide bonds. The van der Waals surface area contributed by atoms with Crippen LogP contribution in [-0.2, 0) is 20.7 Å². The summed E-state index contributed by atoms with van der Waals surface area (Å²) in [7, 11) is 1.42. The van der Waals surface area contributed by atoms with Crippen LogP contribution in [0.4, 0.5) is 4.39 Å². The van der Waals surface area contributed by atoms with Crippen molar-refractivity contribution in [2.24, 2.45) is 0 Å². The Morgan fingerprint density at radius 1 is 1.19 bits per heavy atom. The Morgan fingerprint density at radius 3 is 2.50 bits per heavy atom. The predicted octanol–water partition coefficient (Wildman–Crippen LogP) is 2.42. The zero-order valence-electron chi connectivity index (χ0n) is 18.7. The highest BCUT2D eigenvalue weighted by molar-refractivity contribution is 5.73. The quantitative estimate of drug-likeness (QED) is 0.603. The molecular weight excluding hydrogens is 417 g/mol. The van der Waals surface area contributed by atoms with E-state index in [-0.39, 0.29) is 18.2 Å². The minimum atomic E-state index is -1.39. The molecule has 0 aromatic heterocycles. The number of carbonyl (C=O) groups excluding carboxylic acids is 1. The summed E-state index contributed by atoms with van der Waals surface area (Å²) in [4.78, 5) is 11.2. The molecule has 1 saturated heterocycles. The van der Waals surface area contributed by atoms with Gasteiger partial charge in [-0.25, -0.2) is 4.39 Å². The Hall–Kier alpha value is -2.52. The summed E-state index contributed by atoms with van der Waals surface area (Å²) in [5, 5.41) is 23.6. The predicted molar refractivity (Wildman–Crippen MR) is 117 cm³/mol. The highest BCUT2D eigenvalue weighted by atomic mass is 19.1. The fourth-order valence-corrected chi connectivity index (χ4v) is 4.01. The van der Waals surface area contributed by atoms with Crippen LogP contribution in [0.2, 0.25) is 0 Å². The molecule has 3 N–H and O–H groups in total. The number of aliphatic hydroxyl groups is 2. The average Bonchev–Trinajstić information content (AvgIpc) is 2.73. The number of ether oxygens (including phenoxy) is 3. The Kier molecular flexibility index (Phi) is 7.51. The third-order valence-electron chi connectivity index (χ3n) is 5.55. The van der Waals surface area contributed by atoms with Crippen molar-refractivity contribution in [3.8, 4) is 16.9 Å². The van der Waals surface area contributed by atoms with E-state index in [9.17, 15) is 15.0 Å². The largest absolute Gasteiger partial charge is 0.462 e. The SMILES string of the molecule is CO[C@@H]1[C@@H](O)[C@@H](O)C(Oc2cc(F)c(CCNC(C)=O)c(-c3ccccc3)c2)OC1(C)C. The zero-order valence-corrected chi connectivity index (χ0v) is 18.7. The minimum Gasteiger partial charge on any atom is -0.462 e. The average molecular weight is 448 g/mol. The maximum absolute atomic E-state index is 15.2. The standard InChI is InChI=1S/C24H30FNO6/c1-14(27)26-11-10-17-18(15-8-6-5-7-9-15)12-16(13-19(17)25)31-23-21(29)20(28)22(30-4)24(2,3)32-23/h5-9,12-13,20-23,28-29H,10-11H2,1-4H3,(H,26,27)/t20-,21+,22+,23?/m0/s1. The Bertz CT molecular complexity index is 936. The van der Waals surface area contributed by atoms with Gasteiger partial charge in [0.25, 0.3) is 0 Å². The Morgan fingerprint density at radius 2 is 1.88 bits per heavy atom. The molecule has 0 radical (unpaired) electrons. The fraction of sp³-hybridized carbons (Fsp3) is 0.458. The normalized spacial score (nSPS) is 24.7. The lowest BCUT2D eigenvalue weighted by atomic mass is 9.89. The monoisotopic (exact) mass is 447 g/mol. The maximum atomic E-state index is 15.2. The van der Waals surface area contributed by atoms with Crippen molar-refractivity contribution < 1.29 is 33.6 Å². The molecule has 7 nitrogen and oxygen atoms in total. The number of amides is 1. The van der Waals surface area contributed by atoms with Gasteiger partial charge < -0.3 is 29.7 Å². The number of carbonyl (C=O) groups is 1. The van der Waals surface area contributed by atoms with Crippen LogP contribution in [0, 0.1) is 5.82 Å². The van der Waals surface area contributed by atoms with Crippen LogP contribution in [0.1, 0.15) is 26.3 Å². The van der Waals surface area contributed by atoms with E-state index in [2.05, 4.69) is 5.32 Å². The summed E-state index contributed by atoms with van der Waals surface area (Å²) in [5.41, 5.74) is 0.865. The number of methoxy groups -OCH3 is 1. The molecule has 32 heavy (non-hydrogen) atoms. The number of nitrogens with one attached hydrogen (secondary N) is 1. The van der Waals surface area contributed by atoms with E-state index in [4.69, 9.17) is 14.2 Å². The first-order valence-corrected chi connectivity index (χ1v) is 10.5. The second kappa shape index (κ2) is 9.95. The van der Waals surface area contributed by atoms with E-state index < -0.39 is 36.0 Å². The lowest BCUT2D eigenvalue weighted by Gasteiger charge is -2.46.